The van der Waals surface area contributed by atoms with Gasteiger partial charge in [0, 0.05) is 56.1 Å². The van der Waals surface area contributed by atoms with Crippen molar-refractivity contribution in [3.8, 4) is 0 Å². The van der Waals surface area contributed by atoms with Crippen molar-refractivity contribution in [2.24, 2.45) is 5.92 Å². The number of carbonyl (C=O) groups excluding carboxylic acids is 1. The summed E-state index contributed by atoms with van der Waals surface area (Å²) in [5.41, 5.74) is 3.41. The van der Waals surface area contributed by atoms with Gasteiger partial charge >= 0.3 is 0 Å². The van der Waals surface area contributed by atoms with Crippen LogP contribution in [-0.2, 0) is 4.79 Å². The number of nitrogens with zero attached hydrogens (tertiary/aromatic N) is 3. The fraction of sp³-hybridized carbons (Fsp3) is 0.667. The molecule has 1 saturated carbocycles. The number of piperidine rings is 1. The van der Waals surface area contributed by atoms with E-state index >= 15 is 0 Å². The lowest BCUT2D eigenvalue weighted by Gasteiger charge is -2.37. The average molecular weight is 301 g/mol. The maximum atomic E-state index is 12.5. The Kier molecular flexibility index (Phi) is 4.37. The Morgan fingerprint density at radius 1 is 1.23 bits per heavy atom. The molecule has 0 radical (unpaired) electrons. The van der Waals surface area contributed by atoms with Crippen LogP contribution in [0.4, 0.5) is 5.69 Å². The lowest BCUT2D eigenvalue weighted by Crippen LogP contribution is -2.44. The van der Waals surface area contributed by atoms with Crippen LogP contribution in [0, 0.1) is 12.8 Å². The lowest BCUT2D eigenvalue weighted by atomic mass is 9.83. The zero-order valence-corrected chi connectivity index (χ0v) is 14.0. The summed E-state index contributed by atoms with van der Waals surface area (Å²) in [4.78, 5) is 21.5. The van der Waals surface area contributed by atoms with E-state index in [1.807, 2.05) is 0 Å². The van der Waals surface area contributed by atoms with Gasteiger partial charge in [0.25, 0.3) is 0 Å². The van der Waals surface area contributed by atoms with Gasteiger partial charge < -0.3 is 9.80 Å². The largest absolute Gasteiger partial charge is 0.378 e. The van der Waals surface area contributed by atoms with E-state index in [-0.39, 0.29) is 0 Å². The summed E-state index contributed by atoms with van der Waals surface area (Å²) < 4.78 is 0. The molecule has 22 heavy (non-hydrogen) atoms. The van der Waals surface area contributed by atoms with Crippen LogP contribution in [0.2, 0.25) is 0 Å². The van der Waals surface area contributed by atoms with E-state index in [4.69, 9.17) is 4.98 Å². The lowest BCUT2D eigenvalue weighted by molar-refractivity contribution is -0.139. The highest BCUT2D eigenvalue weighted by Crippen LogP contribution is 2.33. The Morgan fingerprint density at radius 3 is 2.64 bits per heavy atom. The topological polar surface area (TPSA) is 36.4 Å². The zero-order valence-electron chi connectivity index (χ0n) is 14.0. The molecule has 1 atom stereocenters. The van der Waals surface area contributed by atoms with Crippen molar-refractivity contribution in [3.63, 3.8) is 0 Å². The number of hydrogen-bond acceptors (Lipinski definition) is 3. The van der Waals surface area contributed by atoms with Crippen LogP contribution in [0.5, 0.6) is 0 Å². The van der Waals surface area contributed by atoms with Crippen LogP contribution in [0.15, 0.2) is 12.1 Å². The molecule has 1 aliphatic carbocycles. The molecule has 4 nitrogen and oxygen atoms in total. The van der Waals surface area contributed by atoms with Crippen molar-refractivity contribution >= 4 is 11.6 Å². The summed E-state index contributed by atoms with van der Waals surface area (Å²) >= 11 is 0. The Bertz CT molecular complexity index is 551. The SMILES string of the molecule is Cc1cc(N(C)C)cc([C@@H]2CCCN(C(=O)C3CCC3)C2)n1. The van der Waals surface area contributed by atoms with Crippen LogP contribution in [0.1, 0.15) is 49.4 Å². The third-order valence-corrected chi connectivity index (χ3v) is 5.08. The standard InChI is InChI=1S/C18H27N3O/c1-13-10-16(20(2)3)11-17(19-13)15-8-5-9-21(12-15)18(22)14-6-4-7-14/h10-11,14-15H,4-9,12H2,1-3H3/t15-/m1/s1. The highest BCUT2D eigenvalue weighted by atomic mass is 16.2. The molecule has 0 spiro atoms. The van der Waals surface area contributed by atoms with E-state index < -0.39 is 0 Å². The molecule has 0 aromatic carbocycles. The van der Waals surface area contributed by atoms with Gasteiger partial charge in [-0.3, -0.25) is 9.78 Å². The maximum absolute atomic E-state index is 12.5. The van der Waals surface area contributed by atoms with Crippen LogP contribution in [0.3, 0.4) is 0 Å². The highest BCUT2D eigenvalue weighted by molar-refractivity contribution is 5.79. The Hall–Kier alpha value is -1.58. The third kappa shape index (κ3) is 3.11. The van der Waals surface area contributed by atoms with E-state index in [2.05, 4.69) is 43.0 Å². The fourth-order valence-electron chi connectivity index (χ4n) is 3.47. The minimum absolute atomic E-state index is 0.307. The number of amides is 1. The van der Waals surface area contributed by atoms with Crippen LogP contribution in [-0.4, -0.2) is 43.0 Å². The van der Waals surface area contributed by atoms with Crippen LogP contribution in [0.25, 0.3) is 0 Å². The summed E-state index contributed by atoms with van der Waals surface area (Å²) in [6.45, 7) is 3.83. The first-order valence-corrected chi connectivity index (χ1v) is 8.49. The highest BCUT2D eigenvalue weighted by Gasteiger charge is 2.33. The summed E-state index contributed by atoms with van der Waals surface area (Å²) in [6.07, 6.45) is 5.63. The van der Waals surface area contributed by atoms with Gasteiger partial charge in [0.1, 0.15) is 0 Å². The monoisotopic (exact) mass is 301 g/mol. The number of anilines is 1. The normalized spacial score (nSPS) is 22.3. The van der Waals surface area contributed by atoms with Crippen molar-refractivity contribution in [1.82, 2.24) is 9.88 Å². The van der Waals surface area contributed by atoms with Crippen LogP contribution >= 0.6 is 0 Å². The smallest absolute Gasteiger partial charge is 0.225 e. The van der Waals surface area contributed by atoms with Gasteiger partial charge in [-0.25, -0.2) is 0 Å². The van der Waals surface area contributed by atoms with Gasteiger partial charge in [-0.05, 0) is 44.7 Å². The first-order valence-electron chi connectivity index (χ1n) is 8.49. The van der Waals surface area contributed by atoms with E-state index in [0.29, 0.717) is 17.7 Å². The number of aromatic nitrogens is 1. The molecular formula is C18H27N3O. The number of likely N-dealkylation sites (tertiary alicyclic amines) is 1. The molecule has 2 fully saturated rings. The zero-order chi connectivity index (χ0) is 15.7. The summed E-state index contributed by atoms with van der Waals surface area (Å²) in [5, 5.41) is 0. The average Bonchev–Trinajstić information content (AvgIpc) is 2.45. The third-order valence-electron chi connectivity index (χ3n) is 5.08. The molecule has 1 amide bonds. The van der Waals surface area contributed by atoms with Gasteiger partial charge in [-0.2, -0.15) is 0 Å². The first-order chi connectivity index (χ1) is 10.5. The molecule has 1 aliphatic heterocycles. The Labute approximate surface area is 133 Å². The van der Waals surface area contributed by atoms with Gasteiger partial charge in [0.15, 0.2) is 0 Å². The molecule has 2 heterocycles. The minimum atomic E-state index is 0.307. The second-order valence-electron chi connectivity index (χ2n) is 7.04. The second kappa shape index (κ2) is 6.27. The van der Waals surface area contributed by atoms with Gasteiger partial charge in [0.2, 0.25) is 5.91 Å². The van der Waals surface area contributed by atoms with Gasteiger partial charge in [-0.15, -0.1) is 0 Å². The molecule has 1 aromatic heterocycles. The molecule has 3 rings (SSSR count). The molecule has 120 valence electrons. The molecule has 2 aliphatic rings. The molecule has 1 saturated heterocycles. The molecule has 4 heteroatoms. The second-order valence-corrected chi connectivity index (χ2v) is 7.04. The quantitative estimate of drug-likeness (QED) is 0.861. The van der Waals surface area contributed by atoms with E-state index in [9.17, 15) is 4.79 Å². The molecular weight excluding hydrogens is 274 g/mol. The maximum Gasteiger partial charge on any atom is 0.225 e. The Balaban J connectivity index is 1.75. The molecule has 0 unspecified atom stereocenters. The summed E-state index contributed by atoms with van der Waals surface area (Å²) in [6, 6.07) is 4.30. The fourth-order valence-corrected chi connectivity index (χ4v) is 3.47. The number of hydrogen-bond donors (Lipinski definition) is 0. The summed E-state index contributed by atoms with van der Waals surface area (Å²) in [5.74, 6) is 1.08. The van der Waals surface area contributed by atoms with Crippen molar-refractivity contribution in [2.45, 2.75) is 44.9 Å². The van der Waals surface area contributed by atoms with E-state index in [0.717, 1.165) is 50.2 Å². The van der Waals surface area contributed by atoms with Crippen LogP contribution < -0.4 is 4.90 Å². The first kappa shape index (κ1) is 15.3. The molecule has 0 bridgehead atoms. The van der Waals surface area contributed by atoms with Crippen molar-refractivity contribution in [2.75, 3.05) is 32.1 Å². The predicted molar refractivity (Wildman–Crippen MR) is 89.2 cm³/mol. The van der Waals surface area contributed by atoms with E-state index in [1.54, 1.807) is 0 Å². The number of aryl methyl sites for hydroxylation is 1. The molecule has 0 N–H and O–H groups in total. The van der Waals surface area contributed by atoms with Crippen molar-refractivity contribution in [1.29, 1.82) is 0 Å². The number of rotatable bonds is 3. The molecule has 1 aromatic rings. The Morgan fingerprint density at radius 2 is 2.00 bits per heavy atom. The minimum Gasteiger partial charge on any atom is -0.378 e. The number of carbonyl (C=O) groups is 1. The van der Waals surface area contributed by atoms with Gasteiger partial charge in [0.05, 0.1) is 0 Å². The van der Waals surface area contributed by atoms with Gasteiger partial charge in [-0.1, -0.05) is 6.42 Å². The van der Waals surface area contributed by atoms with E-state index in [1.165, 1.54) is 12.1 Å². The number of pyridine rings is 1. The van der Waals surface area contributed by atoms with Crippen molar-refractivity contribution in [3.05, 3.63) is 23.5 Å². The predicted octanol–water partition coefficient (Wildman–Crippen LogP) is 2.96. The summed E-state index contributed by atoms with van der Waals surface area (Å²) in [7, 11) is 4.12. The van der Waals surface area contributed by atoms with Crippen molar-refractivity contribution < 1.29 is 4.79 Å².